The van der Waals surface area contributed by atoms with Gasteiger partial charge in [-0.2, -0.15) is 0 Å². The Labute approximate surface area is 395 Å². The molecule has 2 heterocycles. The maximum absolute atomic E-state index is 5.15. The molecule has 0 N–H and O–H groups in total. The summed E-state index contributed by atoms with van der Waals surface area (Å²) in [6.45, 7) is 2.17. The Morgan fingerprint density at radius 2 is 0.529 bits per heavy atom. The van der Waals surface area contributed by atoms with E-state index in [1.165, 1.54) is 0 Å². The van der Waals surface area contributed by atoms with E-state index in [1.54, 1.807) is 0 Å². The van der Waals surface area contributed by atoms with Gasteiger partial charge in [0.15, 0.2) is 34.9 Å². The second-order valence-electron chi connectivity index (χ2n) is 16.5. The van der Waals surface area contributed by atoms with Crippen LogP contribution in [0.4, 0.5) is 17.1 Å². The average Bonchev–Trinajstić information content (AvgIpc) is 3.42. The molecule has 7 heteroatoms. The summed E-state index contributed by atoms with van der Waals surface area (Å²) >= 11 is 0. The molecule has 0 unspecified atom stereocenters. The third-order valence-corrected chi connectivity index (χ3v) is 11.9. The van der Waals surface area contributed by atoms with Crippen LogP contribution >= 0.6 is 0 Å². The van der Waals surface area contributed by atoms with Crippen molar-refractivity contribution in [1.29, 1.82) is 0 Å². The van der Waals surface area contributed by atoms with Crippen LogP contribution in [-0.4, -0.2) is 29.9 Å². The summed E-state index contributed by atoms with van der Waals surface area (Å²) in [5.41, 5.74) is 13.9. The molecule has 9 aromatic carbocycles. The normalized spacial score (nSPS) is 11.0. The molecule has 68 heavy (non-hydrogen) atoms. The van der Waals surface area contributed by atoms with Crippen LogP contribution in [-0.2, 0) is 0 Å². The van der Waals surface area contributed by atoms with Crippen LogP contribution in [0.5, 0.6) is 0 Å². The number of nitrogens with zero attached hydrogens (tertiary/aromatic N) is 7. The van der Waals surface area contributed by atoms with Gasteiger partial charge in [0.05, 0.1) is 0 Å². The Bertz CT molecular complexity index is 3180. The van der Waals surface area contributed by atoms with Gasteiger partial charge in [0.1, 0.15) is 0 Å². The van der Waals surface area contributed by atoms with Crippen molar-refractivity contribution < 1.29 is 0 Å². The van der Waals surface area contributed by atoms with Crippen LogP contribution in [0.25, 0.3) is 90.6 Å². The van der Waals surface area contributed by atoms with E-state index >= 15 is 0 Å². The fourth-order valence-electron chi connectivity index (χ4n) is 8.49. The SMILES string of the molecule is Cc1cc(-c2cc(-c3nc(-c4ccccc4)nc(-c4ccccc4)n3)cc(-c3nc(-c4ccccc4)nc(-c4ccccc4)n3)c2)ccc1-c1ccc(N(c2ccccc2)c2ccccc2)cc1. The van der Waals surface area contributed by atoms with Crippen LogP contribution in [0.1, 0.15) is 5.56 Å². The summed E-state index contributed by atoms with van der Waals surface area (Å²) in [6.07, 6.45) is 0. The first-order valence-corrected chi connectivity index (χ1v) is 22.6. The minimum absolute atomic E-state index is 0.537. The molecule has 0 spiro atoms. The minimum atomic E-state index is 0.537. The third-order valence-electron chi connectivity index (χ3n) is 11.9. The second kappa shape index (κ2) is 18.7. The van der Waals surface area contributed by atoms with Crippen molar-refractivity contribution in [1.82, 2.24) is 29.9 Å². The Hall–Kier alpha value is -9.20. The number of aromatic nitrogens is 6. The molecule has 0 atom stereocenters. The number of rotatable bonds is 11. The first-order valence-electron chi connectivity index (χ1n) is 22.6. The van der Waals surface area contributed by atoms with Gasteiger partial charge in [-0.05, 0) is 89.3 Å². The maximum atomic E-state index is 5.15. The van der Waals surface area contributed by atoms with Crippen LogP contribution in [0.15, 0.2) is 243 Å². The van der Waals surface area contributed by atoms with Crippen molar-refractivity contribution in [3.05, 3.63) is 248 Å². The zero-order valence-corrected chi connectivity index (χ0v) is 37.2. The Morgan fingerprint density at radius 3 is 0.882 bits per heavy atom. The zero-order chi connectivity index (χ0) is 45.7. The lowest BCUT2D eigenvalue weighted by atomic mass is 9.93. The van der Waals surface area contributed by atoms with Gasteiger partial charge in [-0.3, -0.25) is 0 Å². The van der Waals surface area contributed by atoms with Gasteiger partial charge in [0.25, 0.3) is 0 Å². The largest absolute Gasteiger partial charge is 0.311 e. The molecule has 0 amide bonds. The quantitative estimate of drug-likeness (QED) is 0.128. The molecule has 0 bridgehead atoms. The molecule has 0 aliphatic heterocycles. The molecule has 0 aliphatic carbocycles. The van der Waals surface area contributed by atoms with E-state index in [1.807, 2.05) is 133 Å². The highest BCUT2D eigenvalue weighted by Gasteiger charge is 2.19. The van der Waals surface area contributed by atoms with Gasteiger partial charge in [-0.15, -0.1) is 0 Å². The molecular weight excluding hydrogens is 831 g/mol. The predicted molar refractivity (Wildman–Crippen MR) is 276 cm³/mol. The van der Waals surface area contributed by atoms with E-state index in [9.17, 15) is 0 Å². The summed E-state index contributed by atoms with van der Waals surface area (Å²) in [5.74, 6) is 3.41. The summed E-state index contributed by atoms with van der Waals surface area (Å²) in [7, 11) is 0. The van der Waals surface area contributed by atoms with Crippen molar-refractivity contribution in [3.8, 4) is 90.6 Å². The smallest absolute Gasteiger partial charge is 0.164 e. The lowest BCUT2D eigenvalue weighted by molar-refractivity contribution is 1.07. The standard InChI is InChI=1S/C61H43N7/c1-42-38-48(34-37-55(42)43-32-35-54(36-33-43)68(52-28-16-6-17-29-52)53-30-18-7-19-31-53)49-39-50(60-64-56(44-20-8-2-9-21-44)62-57(65-60)45-22-10-3-11-23-45)41-51(40-49)61-66-58(46-24-12-4-13-25-46)63-59(67-61)47-26-14-5-15-27-47/h2-41H,1H3. The van der Waals surface area contributed by atoms with Gasteiger partial charge in [-0.25, -0.2) is 29.9 Å². The molecule has 0 radical (unpaired) electrons. The van der Waals surface area contributed by atoms with E-state index in [0.29, 0.717) is 34.9 Å². The van der Waals surface area contributed by atoms with E-state index in [2.05, 4.69) is 121 Å². The van der Waals surface area contributed by atoms with Crippen molar-refractivity contribution in [2.45, 2.75) is 6.92 Å². The van der Waals surface area contributed by atoms with Crippen molar-refractivity contribution in [2.75, 3.05) is 4.90 Å². The fraction of sp³-hybridized carbons (Fsp3) is 0.0164. The zero-order valence-electron chi connectivity index (χ0n) is 37.2. The topological polar surface area (TPSA) is 80.6 Å². The van der Waals surface area contributed by atoms with Gasteiger partial charge in [0.2, 0.25) is 0 Å². The highest BCUT2D eigenvalue weighted by atomic mass is 15.1. The monoisotopic (exact) mass is 873 g/mol. The van der Waals surface area contributed by atoms with Gasteiger partial charge >= 0.3 is 0 Å². The summed E-state index contributed by atoms with van der Waals surface area (Å²) in [4.78, 5) is 32.9. The average molecular weight is 874 g/mol. The lowest BCUT2D eigenvalue weighted by Crippen LogP contribution is -2.09. The van der Waals surface area contributed by atoms with E-state index in [0.717, 1.165) is 78.3 Å². The Morgan fingerprint density at radius 1 is 0.235 bits per heavy atom. The number of anilines is 3. The van der Waals surface area contributed by atoms with Gasteiger partial charge in [0, 0.05) is 50.4 Å². The van der Waals surface area contributed by atoms with Crippen molar-refractivity contribution in [2.24, 2.45) is 0 Å². The maximum Gasteiger partial charge on any atom is 0.164 e. The molecule has 0 saturated heterocycles. The van der Waals surface area contributed by atoms with Gasteiger partial charge in [-0.1, -0.05) is 188 Å². The molecule has 322 valence electrons. The molecule has 2 aromatic heterocycles. The van der Waals surface area contributed by atoms with Gasteiger partial charge < -0.3 is 4.90 Å². The molecule has 0 aliphatic rings. The number of benzene rings is 9. The highest BCUT2D eigenvalue weighted by molar-refractivity contribution is 5.83. The summed E-state index contributed by atoms with van der Waals surface area (Å²) < 4.78 is 0. The van der Waals surface area contributed by atoms with E-state index < -0.39 is 0 Å². The first-order chi connectivity index (χ1) is 33.6. The van der Waals surface area contributed by atoms with Crippen LogP contribution in [0, 0.1) is 6.92 Å². The summed E-state index contributed by atoms with van der Waals surface area (Å²) in [6, 6.07) is 83.0. The molecule has 0 saturated carbocycles. The predicted octanol–water partition coefficient (Wildman–Crippen LogP) is 15.2. The summed E-state index contributed by atoms with van der Waals surface area (Å²) in [5, 5.41) is 0. The Kier molecular flexibility index (Phi) is 11.4. The first kappa shape index (κ1) is 41.5. The number of hydrogen-bond donors (Lipinski definition) is 0. The number of hydrogen-bond acceptors (Lipinski definition) is 7. The second-order valence-corrected chi connectivity index (χ2v) is 16.5. The Balaban J connectivity index is 1.05. The van der Waals surface area contributed by atoms with Crippen molar-refractivity contribution in [3.63, 3.8) is 0 Å². The minimum Gasteiger partial charge on any atom is -0.311 e. The van der Waals surface area contributed by atoms with Crippen LogP contribution in [0.2, 0.25) is 0 Å². The lowest BCUT2D eigenvalue weighted by Gasteiger charge is -2.25. The van der Waals surface area contributed by atoms with Crippen LogP contribution in [0.3, 0.4) is 0 Å². The number of aryl methyl sites for hydroxylation is 1. The molecule has 7 nitrogen and oxygen atoms in total. The van der Waals surface area contributed by atoms with Crippen LogP contribution < -0.4 is 4.90 Å². The molecular formula is C61H43N7. The molecule has 0 fully saturated rings. The molecule has 11 rings (SSSR count). The fourth-order valence-corrected chi connectivity index (χ4v) is 8.49. The third kappa shape index (κ3) is 8.80. The van der Waals surface area contributed by atoms with Crippen molar-refractivity contribution >= 4 is 17.1 Å². The molecule has 11 aromatic rings. The number of para-hydroxylation sites is 2. The highest BCUT2D eigenvalue weighted by Crippen LogP contribution is 2.38. The van der Waals surface area contributed by atoms with E-state index in [4.69, 9.17) is 29.9 Å². The van der Waals surface area contributed by atoms with E-state index in [-0.39, 0.29) is 0 Å².